The molecule has 2 saturated carbocycles. The predicted molar refractivity (Wildman–Crippen MR) is 63.4 cm³/mol. The fraction of sp³-hybridized carbons (Fsp3) is 0.846. The summed E-state index contributed by atoms with van der Waals surface area (Å²) in [7, 11) is 0. The Morgan fingerprint density at radius 1 is 1.12 bits per heavy atom. The predicted octanol–water partition coefficient (Wildman–Crippen LogP) is 1.79. The number of nitrogens with one attached hydrogen (secondary N) is 1. The number of amides is 1. The van der Waals surface area contributed by atoms with Crippen molar-refractivity contribution in [1.82, 2.24) is 5.32 Å². The summed E-state index contributed by atoms with van der Waals surface area (Å²) in [4.78, 5) is 23.4. The molecule has 0 spiro atoms. The van der Waals surface area contributed by atoms with Gasteiger partial charge in [-0.1, -0.05) is 27.7 Å². The average molecular weight is 239 g/mol. The molecule has 0 aromatic heterocycles. The lowest BCUT2D eigenvalue weighted by molar-refractivity contribution is -0.152. The first-order valence-electron chi connectivity index (χ1n) is 6.20. The summed E-state index contributed by atoms with van der Waals surface area (Å²) in [5.74, 6) is -1.07. The Morgan fingerprint density at radius 2 is 1.59 bits per heavy atom. The number of rotatable bonds is 3. The van der Waals surface area contributed by atoms with Crippen molar-refractivity contribution in [3.05, 3.63) is 0 Å². The summed E-state index contributed by atoms with van der Waals surface area (Å²) in [5.41, 5.74) is -1.06. The number of carbonyl (C=O) groups excluding carboxylic acids is 1. The van der Waals surface area contributed by atoms with Crippen LogP contribution >= 0.6 is 0 Å². The van der Waals surface area contributed by atoms with Gasteiger partial charge in [0.2, 0.25) is 5.91 Å². The molecular formula is C13H21NO3. The average Bonchev–Trinajstić information content (AvgIpc) is 2.49. The molecule has 1 amide bonds. The normalized spacial score (nSPS) is 28.0. The Hall–Kier alpha value is -1.06. The van der Waals surface area contributed by atoms with Gasteiger partial charge >= 0.3 is 5.97 Å². The van der Waals surface area contributed by atoms with Crippen LogP contribution in [-0.4, -0.2) is 22.5 Å². The molecule has 2 aliphatic carbocycles. The van der Waals surface area contributed by atoms with E-state index in [1.165, 1.54) is 0 Å². The van der Waals surface area contributed by atoms with E-state index in [4.69, 9.17) is 0 Å². The molecule has 0 atom stereocenters. The van der Waals surface area contributed by atoms with Crippen molar-refractivity contribution in [1.29, 1.82) is 0 Å². The maximum atomic E-state index is 12.2. The minimum Gasteiger partial charge on any atom is -0.480 e. The van der Waals surface area contributed by atoms with Crippen molar-refractivity contribution in [3.63, 3.8) is 0 Å². The van der Waals surface area contributed by atoms with Crippen LogP contribution in [0.4, 0.5) is 0 Å². The SMILES string of the molecule is CC1(C)C(C(=O)NC2(C(=O)O)CCC2)C1(C)C. The van der Waals surface area contributed by atoms with Gasteiger partial charge in [0.25, 0.3) is 0 Å². The number of hydrogen-bond donors (Lipinski definition) is 2. The third kappa shape index (κ3) is 1.49. The van der Waals surface area contributed by atoms with E-state index in [-0.39, 0.29) is 22.7 Å². The molecule has 2 N–H and O–H groups in total. The Labute approximate surface area is 102 Å². The third-order valence-corrected chi connectivity index (χ3v) is 5.26. The molecule has 0 heterocycles. The number of carboxylic acids is 1. The number of hydrogen-bond acceptors (Lipinski definition) is 2. The van der Waals surface area contributed by atoms with E-state index in [2.05, 4.69) is 33.0 Å². The smallest absolute Gasteiger partial charge is 0.329 e. The van der Waals surface area contributed by atoms with E-state index in [0.29, 0.717) is 12.8 Å². The second-order valence-electron chi connectivity index (χ2n) is 6.61. The maximum absolute atomic E-state index is 12.2. The molecule has 4 nitrogen and oxygen atoms in total. The van der Waals surface area contributed by atoms with Crippen LogP contribution in [0.25, 0.3) is 0 Å². The van der Waals surface area contributed by atoms with Gasteiger partial charge in [0.05, 0.1) is 0 Å². The molecule has 0 aromatic rings. The zero-order valence-corrected chi connectivity index (χ0v) is 11.0. The van der Waals surface area contributed by atoms with Crippen molar-refractivity contribution in [2.24, 2.45) is 16.7 Å². The second-order valence-corrected chi connectivity index (χ2v) is 6.61. The topological polar surface area (TPSA) is 66.4 Å². The van der Waals surface area contributed by atoms with Gasteiger partial charge in [-0.25, -0.2) is 4.79 Å². The van der Waals surface area contributed by atoms with Gasteiger partial charge in [-0.2, -0.15) is 0 Å². The van der Waals surface area contributed by atoms with E-state index in [0.717, 1.165) is 6.42 Å². The van der Waals surface area contributed by atoms with Gasteiger partial charge in [0.1, 0.15) is 5.54 Å². The third-order valence-electron chi connectivity index (χ3n) is 5.26. The molecular weight excluding hydrogens is 218 g/mol. The van der Waals surface area contributed by atoms with Crippen LogP contribution in [-0.2, 0) is 9.59 Å². The lowest BCUT2D eigenvalue weighted by atomic mass is 9.76. The lowest BCUT2D eigenvalue weighted by Gasteiger charge is -2.38. The molecule has 0 unspecified atom stereocenters. The molecule has 0 aromatic carbocycles. The van der Waals surface area contributed by atoms with Crippen molar-refractivity contribution < 1.29 is 14.7 Å². The van der Waals surface area contributed by atoms with E-state index >= 15 is 0 Å². The number of carboxylic acid groups (broad SMARTS) is 1. The summed E-state index contributed by atoms with van der Waals surface area (Å²) < 4.78 is 0. The minimum absolute atomic E-state index is 0.0411. The van der Waals surface area contributed by atoms with E-state index in [1.807, 2.05) is 0 Å². The Bertz CT molecular complexity index is 366. The Balaban J connectivity index is 2.07. The van der Waals surface area contributed by atoms with Gasteiger partial charge in [-0.05, 0) is 30.1 Å². The molecule has 0 aliphatic heterocycles. The van der Waals surface area contributed by atoms with Gasteiger partial charge < -0.3 is 10.4 Å². The molecule has 0 radical (unpaired) electrons. The van der Waals surface area contributed by atoms with Gasteiger partial charge in [-0.3, -0.25) is 4.79 Å². The second kappa shape index (κ2) is 3.24. The summed E-state index contributed by atoms with van der Waals surface area (Å²) in [6, 6.07) is 0. The van der Waals surface area contributed by atoms with Crippen molar-refractivity contribution in [3.8, 4) is 0 Å². The molecule has 2 rings (SSSR count). The molecule has 4 heteroatoms. The highest BCUT2D eigenvalue weighted by Crippen LogP contribution is 2.68. The van der Waals surface area contributed by atoms with Crippen molar-refractivity contribution in [2.45, 2.75) is 52.5 Å². The van der Waals surface area contributed by atoms with Crippen LogP contribution in [0, 0.1) is 16.7 Å². The Kier molecular flexibility index (Phi) is 2.36. The van der Waals surface area contributed by atoms with Crippen molar-refractivity contribution >= 4 is 11.9 Å². The van der Waals surface area contributed by atoms with Crippen LogP contribution in [0.5, 0.6) is 0 Å². The van der Waals surface area contributed by atoms with E-state index in [9.17, 15) is 14.7 Å². The highest BCUT2D eigenvalue weighted by molar-refractivity contribution is 5.91. The van der Waals surface area contributed by atoms with Crippen molar-refractivity contribution in [2.75, 3.05) is 0 Å². The molecule has 0 saturated heterocycles. The zero-order valence-electron chi connectivity index (χ0n) is 11.0. The van der Waals surface area contributed by atoms with Crippen LogP contribution in [0.3, 0.4) is 0 Å². The summed E-state index contributed by atoms with van der Waals surface area (Å²) in [5, 5.41) is 11.9. The standard InChI is InChI=1S/C13H21NO3/c1-11(2)8(12(11,3)4)9(15)14-13(10(16)17)6-5-7-13/h8H,5-7H2,1-4H3,(H,14,15)(H,16,17). The summed E-state index contributed by atoms with van der Waals surface area (Å²) in [6.07, 6.45) is 1.99. The quantitative estimate of drug-likeness (QED) is 0.789. The molecule has 2 aliphatic rings. The summed E-state index contributed by atoms with van der Waals surface area (Å²) in [6.45, 7) is 8.24. The van der Waals surface area contributed by atoms with Crippen LogP contribution in [0.2, 0.25) is 0 Å². The highest BCUT2D eigenvalue weighted by atomic mass is 16.4. The fourth-order valence-electron chi connectivity index (χ4n) is 3.08. The molecule has 17 heavy (non-hydrogen) atoms. The lowest BCUT2D eigenvalue weighted by Crippen LogP contribution is -2.59. The molecule has 2 fully saturated rings. The first-order chi connectivity index (χ1) is 7.65. The summed E-state index contributed by atoms with van der Waals surface area (Å²) >= 11 is 0. The first-order valence-corrected chi connectivity index (χ1v) is 6.20. The van der Waals surface area contributed by atoms with E-state index < -0.39 is 11.5 Å². The maximum Gasteiger partial charge on any atom is 0.329 e. The van der Waals surface area contributed by atoms with Crippen LogP contribution in [0.15, 0.2) is 0 Å². The number of carbonyl (C=O) groups is 2. The fourth-order valence-corrected chi connectivity index (χ4v) is 3.08. The van der Waals surface area contributed by atoms with Gasteiger partial charge in [-0.15, -0.1) is 0 Å². The zero-order chi connectivity index (χ0) is 13.1. The monoisotopic (exact) mass is 239 g/mol. The largest absolute Gasteiger partial charge is 0.480 e. The van der Waals surface area contributed by atoms with Crippen LogP contribution in [0.1, 0.15) is 47.0 Å². The first kappa shape index (κ1) is 12.4. The van der Waals surface area contributed by atoms with Gasteiger partial charge in [0.15, 0.2) is 0 Å². The minimum atomic E-state index is -0.980. The number of aliphatic carboxylic acids is 1. The van der Waals surface area contributed by atoms with E-state index in [1.54, 1.807) is 0 Å². The highest BCUT2D eigenvalue weighted by Gasteiger charge is 2.69. The Morgan fingerprint density at radius 3 is 1.82 bits per heavy atom. The van der Waals surface area contributed by atoms with Gasteiger partial charge in [0, 0.05) is 5.92 Å². The molecule has 96 valence electrons. The van der Waals surface area contributed by atoms with Crippen LogP contribution < -0.4 is 5.32 Å². The molecule has 0 bridgehead atoms.